The molecule has 0 unspecified atom stereocenters. The molecule has 1 heterocycles. The van der Waals surface area contributed by atoms with Crippen molar-refractivity contribution in [2.24, 2.45) is 5.92 Å². The van der Waals surface area contributed by atoms with Crippen LogP contribution in [0.5, 0.6) is 0 Å². The van der Waals surface area contributed by atoms with E-state index >= 15 is 0 Å². The highest BCUT2D eigenvalue weighted by atomic mass is 16.4. The Labute approximate surface area is 201 Å². The van der Waals surface area contributed by atoms with Crippen molar-refractivity contribution in [2.45, 2.75) is 24.8 Å². The molecule has 34 heavy (non-hydrogen) atoms. The van der Waals surface area contributed by atoms with Crippen molar-refractivity contribution in [2.75, 3.05) is 26.7 Å². The predicted octanol–water partition coefficient (Wildman–Crippen LogP) is 4.29. The van der Waals surface area contributed by atoms with E-state index in [1.165, 1.54) is 5.56 Å². The van der Waals surface area contributed by atoms with Gasteiger partial charge in [0.05, 0.1) is 11.8 Å². The van der Waals surface area contributed by atoms with E-state index in [-0.39, 0.29) is 18.5 Å². The molecule has 5 nitrogen and oxygen atoms in total. The maximum absolute atomic E-state index is 13.8. The van der Waals surface area contributed by atoms with Gasteiger partial charge >= 0.3 is 5.97 Å². The molecule has 0 radical (unpaired) electrons. The van der Waals surface area contributed by atoms with Gasteiger partial charge in [-0.2, -0.15) is 0 Å². The lowest BCUT2D eigenvalue weighted by molar-refractivity contribution is -0.142. The maximum Gasteiger partial charge on any atom is 0.309 e. The number of amides is 1. The SMILES string of the molecule is CN(CCCc1ccccc1)[C@H]1CN(C(=O)C(c2ccccc2)c2ccccc2)C[C@@H]1C(=O)O. The van der Waals surface area contributed by atoms with Crippen LogP contribution >= 0.6 is 0 Å². The van der Waals surface area contributed by atoms with Gasteiger partial charge in [-0.15, -0.1) is 0 Å². The fourth-order valence-corrected chi connectivity index (χ4v) is 4.95. The fourth-order valence-electron chi connectivity index (χ4n) is 4.95. The molecule has 1 fully saturated rings. The van der Waals surface area contributed by atoms with Gasteiger partial charge < -0.3 is 14.9 Å². The second-order valence-electron chi connectivity index (χ2n) is 9.08. The number of carboxylic acids is 1. The molecule has 176 valence electrons. The lowest BCUT2D eigenvalue weighted by Gasteiger charge is -2.28. The summed E-state index contributed by atoms with van der Waals surface area (Å²) in [6.07, 6.45) is 1.89. The second kappa shape index (κ2) is 11.1. The number of aliphatic carboxylic acids is 1. The van der Waals surface area contributed by atoms with Gasteiger partial charge in [0.25, 0.3) is 0 Å². The largest absolute Gasteiger partial charge is 0.481 e. The van der Waals surface area contributed by atoms with Crippen LogP contribution in [0.1, 0.15) is 29.0 Å². The summed E-state index contributed by atoms with van der Waals surface area (Å²) in [5.41, 5.74) is 3.12. The minimum atomic E-state index is -0.841. The molecular formula is C29H32N2O3. The van der Waals surface area contributed by atoms with Crippen molar-refractivity contribution in [3.05, 3.63) is 108 Å². The average molecular weight is 457 g/mol. The monoisotopic (exact) mass is 456 g/mol. The first kappa shape index (κ1) is 23.7. The number of carbonyl (C=O) groups excluding carboxylic acids is 1. The van der Waals surface area contributed by atoms with Gasteiger partial charge in [-0.25, -0.2) is 0 Å². The molecule has 4 rings (SSSR count). The number of likely N-dealkylation sites (tertiary alicyclic amines) is 1. The van der Waals surface area contributed by atoms with E-state index in [0.29, 0.717) is 6.54 Å². The molecule has 3 aromatic carbocycles. The van der Waals surface area contributed by atoms with Crippen molar-refractivity contribution >= 4 is 11.9 Å². The standard InChI is InChI=1S/C29H32N2O3/c1-30(19-11-14-22-12-5-2-6-13-22)26-21-31(20-25(26)29(33)34)28(32)27(23-15-7-3-8-16-23)24-17-9-4-10-18-24/h2-10,12-13,15-18,25-27H,11,14,19-21H2,1H3,(H,33,34)/t25-,26-/m0/s1. The van der Waals surface area contributed by atoms with Crippen molar-refractivity contribution in [3.8, 4) is 0 Å². The van der Waals surface area contributed by atoms with Gasteiger partial charge in [-0.05, 0) is 43.1 Å². The zero-order valence-corrected chi connectivity index (χ0v) is 19.6. The summed E-state index contributed by atoms with van der Waals surface area (Å²) in [5, 5.41) is 9.94. The summed E-state index contributed by atoms with van der Waals surface area (Å²) in [6, 6.07) is 29.6. The number of nitrogens with zero attached hydrogens (tertiary/aromatic N) is 2. The first-order valence-corrected chi connectivity index (χ1v) is 11.9. The van der Waals surface area contributed by atoms with Gasteiger partial charge in [0.15, 0.2) is 0 Å². The molecule has 0 bridgehead atoms. The molecule has 0 saturated carbocycles. The number of carboxylic acid groups (broad SMARTS) is 1. The minimum absolute atomic E-state index is 0.0381. The van der Waals surface area contributed by atoms with Gasteiger partial charge in [0.1, 0.15) is 0 Å². The second-order valence-corrected chi connectivity index (χ2v) is 9.08. The molecule has 3 aromatic rings. The van der Waals surface area contributed by atoms with Crippen molar-refractivity contribution < 1.29 is 14.7 Å². The molecule has 0 spiro atoms. The Morgan fingerprint density at radius 2 is 1.41 bits per heavy atom. The van der Waals surface area contributed by atoms with Gasteiger partial charge in [0, 0.05) is 19.1 Å². The Morgan fingerprint density at radius 3 is 1.94 bits per heavy atom. The first-order valence-electron chi connectivity index (χ1n) is 11.9. The van der Waals surface area contributed by atoms with Gasteiger partial charge in [-0.1, -0.05) is 91.0 Å². The molecule has 1 N–H and O–H groups in total. The summed E-state index contributed by atoms with van der Waals surface area (Å²) >= 11 is 0. The Kier molecular flexibility index (Phi) is 7.76. The predicted molar refractivity (Wildman–Crippen MR) is 134 cm³/mol. The summed E-state index contributed by atoms with van der Waals surface area (Å²) in [5.74, 6) is -1.92. The number of likely N-dealkylation sites (N-methyl/N-ethyl adjacent to an activating group) is 1. The Bertz CT molecular complexity index is 1030. The minimum Gasteiger partial charge on any atom is -0.481 e. The van der Waals surface area contributed by atoms with Crippen molar-refractivity contribution in [1.29, 1.82) is 0 Å². The van der Waals surface area contributed by atoms with Crippen LogP contribution in [0.3, 0.4) is 0 Å². The van der Waals surface area contributed by atoms with E-state index in [1.54, 1.807) is 4.90 Å². The van der Waals surface area contributed by atoms with Crippen LogP contribution in [0.25, 0.3) is 0 Å². The number of hydrogen-bond donors (Lipinski definition) is 1. The number of benzene rings is 3. The summed E-state index contributed by atoms with van der Waals surface area (Å²) in [7, 11) is 1.98. The Morgan fingerprint density at radius 1 is 0.882 bits per heavy atom. The van der Waals surface area contributed by atoms with Crippen molar-refractivity contribution in [1.82, 2.24) is 9.80 Å². The first-order chi connectivity index (χ1) is 16.5. The van der Waals surface area contributed by atoms with E-state index in [4.69, 9.17) is 0 Å². The van der Waals surface area contributed by atoms with Crippen LogP contribution in [0.2, 0.25) is 0 Å². The summed E-state index contributed by atoms with van der Waals surface area (Å²) in [4.78, 5) is 29.8. The molecule has 1 aliphatic heterocycles. The number of carbonyl (C=O) groups is 2. The molecule has 5 heteroatoms. The highest BCUT2D eigenvalue weighted by Gasteiger charge is 2.43. The third-order valence-corrected chi connectivity index (χ3v) is 6.82. The highest BCUT2D eigenvalue weighted by Crippen LogP contribution is 2.31. The van der Waals surface area contributed by atoms with E-state index in [1.807, 2.05) is 85.9 Å². The summed E-state index contributed by atoms with van der Waals surface area (Å²) < 4.78 is 0. The number of rotatable bonds is 9. The number of aryl methyl sites for hydroxylation is 1. The van der Waals surface area contributed by atoms with Crippen LogP contribution in [0, 0.1) is 5.92 Å². The zero-order chi connectivity index (χ0) is 23.9. The summed E-state index contributed by atoms with van der Waals surface area (Å²) in [6.45, 7) is 1.44. The lowest BCUT2D eigenvalue weighted by atomic mass is 9.90. The van der Waals surface area contributed by atoms with E-state index in [2.05, 4.69) is 17.0 Å². The molecule has 1 amide bonds. The zero-order valence-electron chi connectivity index (χ0n) is 19.6. The Balaban J connectivity index is 1.49. The lowest BCUT2D eigenvalue weighted by Crippen LogP contribution is -2.42. The molecule has 0 aromatic heterocycles. The number of hydrogen-bond acceptors (Lipinski definition) is 3. The normalized spacial score (nSPS) is 17.9. The van der Waals surface area contributed by atoms with Gasteiger partial charge in [-0.3, -0.25) is 9.59 Å². The fraction of sp³-hybridized carbons (Fsp3) is 0.310. The van der Waals surface area contributed by atoms with Crippen LogP contribution in [-0.4, -0.2) is 59.5 Å². The molecule has 1 aliphatic rings. The molecule has 2 atom stereocenters. The maximum atomic E-state index is 13.8. The Hall–Kier alpha value is -3.44. The third kappa shape index (κ3) is 5.54. The topological polar surface area (TPSA) is 60.9 Å². The average Bonchev–Trinajstić information content (AvgIpc) is 3.32. The highest BCUT2D eigenvalue weighted by molar-refractivity contribution is 5.88. The third-order valence-electron chi connectivity index (χ3n) is 6.82. The van der Waals surface area contributed by atoms with Crippen LogP contribution in [-0.2, 0) is 16.0 Å². The van der Waals surface area contributed by atoms with Crippen LogP contribution in [0.15, 0.2) is 91.0 Å². The van der Waals surface area contributed by atoms with Gasteiger partial charge in [0.2, 0.25) is 5.91 Å². The van der Waals surface area contributed by atoms with E-state index in [0.717, 1.165) is 30.5 Å². The van der Waals surface area contributed by atoms with Crippen LogP contribution in [0.4, 0.5) is 0 Å². The van der Waals surface area contributed by atoms with Crippen LogP contribution < -0.4 is 0 Å². The smallest absolute Gasteiger partial charge is 0.309 e. The molecule has 0 aliphatic carbocycles. The quantitative estimate of drug-likeness (QED) is 0.522. The molecular weight excluding hydrogens is 424 g/mol. The van der Waals surface area contributed by atoms with Crippen molar-refractivity contribution in [3.63, 3.8) is 0 Å². The van der Waals surface area contributed by atoms with E-state index in [9.17, 15) is 14.7 Å². The van der Waals surface area contributed by atoms with E-state index < -0.39 is 17.8 Å². The molecule has 1 saturated heterocycles.